The molecule has 0 spiro atoms. The number of aryl methyl sites for hydroxylation is 1. The Bertz CT molecular complexity index is 481. The monoisotopic (exact) mass is 232 g/mol. The third-order valence-corrected chi connectivity index (χ3v) is 2.49. The van der Waals surface area contributed by atoms with Crippen LogP contribution in [-0.2, 0) is 13.0 Å². The van der Waals surface area contributed by atoms with E-state index in [4.69, 9.17) is 10.3 Å². The first-order chi connectivity index (χ1) is 8.33. The quantitative estimate of drug-likeness (QED) is 0.852. The summed E-state index contributed by atoms with van der Waals surface area (Å²) in [5, 5.41) is 3.95. The zero-order chi connectivity index (χ0) is 12.1. The Morgan fingerprint density at radius 2 is 2.29 bits per heavy atom. The van der Waals surface area contributed by atoms with Crippen LogP contribution in [0.25, 0.3) is 11.5 Å². The van der Waals surface area contributed by atoms with Gasteiger partial charge in [0.25, 0.3) is 5.89 Å². The molecule has 5 heteroatoms. The molecule has 0 aliphatic rings. The molecule has 0 aliphatic heterocycles. The number of unbranched alkanes of at least 4 members (excludes halogenated alkanes) is 1. The Labute approximate surface area is 100 Å². The molecule has 2 N–H and O–H groups in total. The maximum absolute atomic E-state index is 5.54. The largest absolute Gasteiger partial charge is 0.334 e. The number of aromatic nitrogens is 3. The Kier molecular flexibility index (Phi) is 3.82. The number of nitrogens with zero attached hydrogens (tertiary/aromatic N) is 3. The summed E-state index contributed by atoms with van der Waals surface area (Å²) in [4.78, 5) is 8.47. The molecule has 0 saturated heterocycles. The Morgan fingerprint density at radius 3 is 3.06 bits per heavy atom. The van der Waals surface area contributed by atoms with Gasteiger partial charge in [0.1, 0.15) is 0 Å². The molecule has 0 radical (unpaired) electrons. The van der Waals surface area contributed by atoms with E-state index in [1.54, 1.807) is 6.20 Å². The van der Waals surface area contributed by atoms with Gasteiger partial charge in [-0.3, -0.25) is 4.98 Å². The molecule has 0 unspecified atom stereocenters. The van der Waals surface area contributed by atoms with Crippen LogP contribution in [0.1, 0.15) is 31.3 Å². The molecule has 0 bridgehead atoms. The topological polar surface area (TPSA) is 77.8 Å². The van der Waals surface area contributed by atoms with E-state index in [-0.39, 0.29) is 0 Å². The molecule has 0 amide bonds. The first-order valence-electron chi connectivity index (χ1n) is 5.81. The summed E-state index contributed by atoms with van der Waals surface area (Å²) in [6.07, 6.45) is 4.75. The van der Waals surface area contributed by atoms with Crippen molar-refractivity contribution in [1.82, 2.24) is 15.1 Å². The van der Waals surface area contributed by atoms with Crippen LogP contribution in [0.2, 0.25) is 0 Å². The fourth-order valence-corrected chi connectivity index (χ4v) is 1.53. The van der Waals surface area contributed by atoms with Crippen LogP contribution in [0, 0.1) is 0 Å². The number of hydrogen-bond acceptors (Lipinski definition) is 5. The van der Waals surface area contributed by atoms with Crippen LogP contribution < -0.4 is 5.73 Å². The lowest BCUT2D eigenvalue weighted by atomic mass is 10.2. The van der Waals surface area contributed by atoms with Gasteiger partial charge < -0.3 is 10.3 Å². The van der Waals surface area contributed by atoms with Gasteiger partial charge in [-0.1, -0.05) is 18.5 Å². The molecule has 0 fully saturated rings. The normalized spacial score (nSPS) is 10.7. The van der Waals surface area contributed by atoms with Crippen LogP contribution in [0.15, 0.2) is 22.9 Å². The summed E-state index contributed by atoms with van der Waals surface area (Å²) in [7, 11) is 0. The summed E-state index contributed by atoms with van der Waals surface area (Å²) in [6, 6.07) is 3.72. The summed E-state index contributed by atoms with van der Waals surface area (Å²) in [5.41, 5.74) is 7.23. The van der Waals surface area contributed by atoms with Crippen molar-refractivity contribution in [1.29, 1.82) is 0 Å². The molecule has 0 aromatic carbocycles. The molecule has 0 atom stereocenters. The summed E-state index contributed by atoms with van der Waals surface area (Å²) < 4.78 is 5.22. The van der Waals surface area contributed by atoms with E-state index in [1.165, 1.54) is 0 Å². The van der Waals surface area contributed by atoms with E-state index in [1.807, 2.05) is 12.1 Å². The fraction of sp³-hybridized carbons (Fsp3) is 0.417. The van der Waals surface area contributed by atoms with Crippen LogP contribution in [-0.4, -0.2) is 15.1 Å². The van der Waals surface area contributed by atoms with Crippen LogP contribution in [0.4, 0.5) is 0 Å². The second kappa shape index (κ2) is 5.54. The van der Waals surface area contributed by atoms with E-state index < -0.39 is 0 Å². The van der Waals surface area contributed by atoms with Gasteiger partial charge in [0.2, 0.25) is 0 Å². The third-order valence-electron chi connectivity index (χ3n) is 2.49. The van der Waals surface area contributed by atoms with Crippen molar-refractivity contribution in [3.63, 3.8) is 0 Å². The molecule has 2 heterocycles. The van der Waals surface area contributed by atoms with Crippen molar-refractivity contribution in [2.45, 2.75) is 32.7 Å². The average Bonchev–Trinajstić information content (AvgIpc) is 2.85. The van der Waals surface area contributed by atoms with Gasteiger partial charge in [-0.15, -0.1) is 0 Å². The Balaban J connectivity index is 2.18. The molecule has 2 aromatic heterocycles. The number of hydrogen-bond donors (Lipinski definition) is 1. The lowest BCUT2D eigenvalue weighted by Crippen LogP contribution is -1.99. The fourth-order valence-electron chi connectivity index (χ4n) is 1.53. The second-order valence-corrected chi connectivity index (χ2v) is 3.86. The molecule has 17 heavy (non-hydrogen) atoms. The average molecular weight is 232 g/mol. The molecule has 2 aromatic rings. The standard InChI is InChI=1S/C12H16N4O/c1-2-3-4-11-15-12(17-16-11)9-5-6-14-10(7-9)8-13/h5-7H,2-4,8,13H2,1H3. The van der Waals surface area contributed by atoms with Crippen molar-refractivity contribution in [2.24, 2.45) is 5.73 Å². The minimum absolute atomic E-state index is 0.407. The minimum Gasteiger partial charge on any atom is -0.334 e. The zero-order valence-electron chi connectivity index (χ0n) is 9.89. The smallest absolute Gasteiger partial charge is 0.258 e. The van der Waals surface area contributed by atoms with Gasteiger partial charge in [0, 0.05) is 24.7 Å². The summed E-state index contributed by atoms with van der Waals surface area (Å²) in [6.45, 7) is 2.54. The predicted octanol–water partition coefficient (Wildman–Crippen LogP) is 1.93. The zero-order valence-corrected chi connectivity index (χ0v) is 9.89. The van der Waals surface area contributed by atoms with Crippen molar-refractivity contribution in [2.75, 3.05) is 0 Å². The first-order valence-corrected chi connectivity index (χ1v) is 5.81. The van der Waals surface area contributed by atoms with Crippen molar-refractivity contribution >= 4 is 0 Å². The van der Waals surface area contributed by atoms with Gasteiger partial charge >= 0.3 is 0 Å². The molecule has 0 saturated carbocycles. The second-order valence-electron chi connectivity index (χ2n) is 3.86. The van der Waals surface area contributed by atoms with Crippen LogP contribution >= 0.6 is 0 Å². The van der Waals surface area contributed by atoms with E-state index in [0.29, 0.717) is 12.4 Å². The van der Waals surface area contributed by atoms with E-state index >= 15 is 0 Å². The van der Waals surface area contributed by atoms with Crippen LogP contribution in [0.3, 0.4) is 0 Å². The molecule has 0 aliphatic carbocycles. The highest BCUT2D eigenvalue weighted by atomic mass is 16.5. The lowest BCUT2D eigenvalue weighted by molar-refractivity contribution is 0.421. The summed E-state index contributed by atoms with van der Waals surface area (Å²) >= 11 is 0. The van der Waals surface area contributed by atoms with Gasteiger partial charge in [0.15, 0.2) is 5.82 Å². The van der Waals surface area contributed by atoms with Gasteiger partial charge in [-0.25, -0.2) is 0 Å². The number of nitrogens with two attached hydrogens (primary N) is 1. The number of rotatable bonds is 5. The van der Waals surface area contributed by atoms with Gasteiger partial charge in [0.05, 0.1) is 5.69 Å². The Hall–Kier alpha value is -1.75. The van der Waals surface area contributed by atoms with E-state index in [0.717, 1.165) is 36.3 Å². The minimum atomic E-state index is 0.407. The van der Waals surface area contributed by atoms with Gasteiger partial charge in [-0.05, 0) is 18.6 Å². The number of pyridine rings is 1. The predicted molar refractivity (Wildman–Crippen MR) is 64.0 cm³/mol. The molecule has 2 rings (SSSR count). The molecule has 90 valence electrons. The SMILES string of the molecule is CCCCc1noc(-c2ccnc(CN)c2)n1. The highest BCUT2D eigenvalue weighted by Gasteiger charge is 2.08. The van der Waals surface area contributed by atoms with Gasteiger partial charge in [-0.2, -0.15) is 4.98 Å². The Morgan fingerprint density at radius 1 is 1.41 bits per heavy atom. The molecular weight excluding hydrogens is 216 g/mol. The molecule has 5 nitrogen and oxygen atoms in total. The van der Waals surface area contributed by atoms with Crippen molar-refractivity contribution in [3.8, 4) is 11.5 Å². The first kappa shape index (κ1) is 11.7. The van der Waals surface area contributed by atoms with Crippen molar-refractivity contribution < 1.29 is 4.52 Å². The van der Waals surface area contributed by atoms with E-state index in [2.05, 4.69) is 22.0 Å². The highest BCUT2D eigenvalue weighted by Crippen LogP contribution is 2.17. The van der Waals surface area contributed by atoms with E-state index in [9.17, 15) is 0 Å². The maximum atomic E-state index is 5.54. The summed E-state index contributed by atoms with van der Waals surface area (Å²) in [5.74, 6) is 1.29. The molecular formula is C12H16N4O. The maximum Gasteiger partial charge on any atom is 0.258 e. The van der Waals surface area contributed by atoms with Crippen molar-refractivity contribution in [3.05, 3.63) is 29.8 Å². The highest BCUT2D eigenvalue weighted by molar-refractivity contribution is 5.52. The third kappa shape index (κ3) is 2.88. The van der Waals surface area contributed by atoms with Crippen LogP contribution in [0.5, 0.6) is 0 Å². The lowest BCUT2D eigenvalue weighted by Gasteiger charge is -1.97.